The minimum absolute atomic E-state index is 0.0669. The van der Waals surface area contributed by atoms with Gasteiger partial charge in [-0.1, -0.05) is 0 Å². The summed E-state index contributed by atoms with van der Waals surface area (Å²) in [5, 5.41) is 5.61. The van der Waals surface area contributed by atoms with Crippen LogP contribution in [0, 0.1) is 0 Å². The highest BCUT2D eigenvalue weighted by Gasteiger charge is 2.38. The highest BCUT2D eigenvalue weighted by atomic mass is 32.2. The van der Waals surface area contributed by atoms with Crippen molar-refractivity contribution in [2.24, 2.45) is 5.10 Å². The number of carbonyl (C=O) groups is 2. The number of hydrogen-bond donors (Lipinski definition) is 0. The zero-order chi connectivity index (χ0) is 20.3. The van der Waals surface area contributed by atoms with Crippen molar-refractivity contribution in [2.75, 3.05) is 24.7 Å². The molecule has 3 rings (SSSR count). The Balaban J connectivity index is 1.70. The van der Waals surface area contributed by atoms with Gasteiger partial charge < -0.3 is 9.64 Å². The van der Waals surface area contributed by atoms with Gasteiger partial charge in [0.2, 0.25) is 5.91 Å². The highest BCUT2D eigenvalue weighted by Crippen LogP contribution is 2.25. The van der Waals surface area contributed by atoms with E-state index >= 15 is 0 Å². The van der Waals surface area contributed by atoms with Crippen molar-refractivity contribution in [2.45, 2.75) is 77.0 Å². The van der Waals surface area contributed by atoms with Crippen LogP contribution in [0.15, 0.2) is 5.10 Å². The molecule has 2 amide bonds. The standard InChI is InChI=1S/C19H31N3O5S/c1-14(2)27-11-8-15-5-3-4-10-21(15)19(24)17-6-7-18(23)22(20-17)16-9-12-28(25,26)13-16/h14-16H,3-13H2,1-2H3/t15-,16+/m0/s1. The summed E-state index contributed by atoms with van der Waals surface area (Å²) >= 11 is 0. The van der Waals surface area contributed by atoms with Crippen LogP contribution in [0.1, 0.15) is 58.8 Å². The van der Waals surface area contributed by atoms with Crippen molar-refractivity contribution in [1.82, 2.24) is 9.91 Å². The molecule has 0 saturated carbocycles. The molecule has 28 heavy (non-hydrogen) atoms. The molecule has 0 N–H and O–H groups in total. The summed E-state index contributed by atoms with van der Waals surface area (Å²) in [4.78, 5) is 27.3. The number of sulfone groups is 1. The van der Waals surface area contributed by atoms with Gasteiger partial charge in [0.25, 0.3) is 5.91 Å². The second kappa shape index (κ2) is 8.90. The van der Waals surface area contributed by atoms with E-state index < -0.39 is 15.9 Å². The first-order valence-corrected chi connectivity index (χ1v) is 12.1. The molecule has 0 aromatic heterocycles. The van der Waals surface area contributed by atoms with Gasteiger partial charge in [0.1, 0.15) is 5.71 Å². The molecule has 3 aliphatic heterocycles. The van der Waals surface area contributed by atoms with Crippen LogP contribution >= 0.6 is 0 Å². The van der Waals surface area contributed by atoms with Gasteiger partial charge in [0.05, 0.1) is 23.7 Å². The van der Waals surface area contributed by atoms with Crippen molar-refractivity contribution >= 4 is 27.4 Å². The van der Waals surface area contributed by atoms with Crippen molar-refractivity contribution < 1.29 is 22.7 Å². The van der Waals surface area contributed by atoms with Crippen molar-refractivity contribution in [3.05, 3.63) is 0 Å². The summed E-state index contributed by atoms with van der Waals surface area (Å²) in [5.74, 6) is -0.306. The molecule has 3 heterocycles. The van der Waals surface area contributed by atoms with E-state index in [0.717, 1.165) is 25.7 Å². The molecule has 0 spiro atoms. The number of hydrazone groups is 1. The van der Waals surface area contributed by atoms with Gasteiger partial charge in [-0.05, 0) is 46.0 Å². The molecular formula is C19H31N3O5S. The Bertz CT molecular complexity index is 734. The molecular weight excluding hydrogens is 382 g/mol. The fourth-order valence-electron chi connectivity index (χ4n) is 4.15. The number of amides is 2. The summed E-state index contributed by atoms with van der Waals surface area (Å²) in [6.07, 6.45) is 4.87. The molecule has 0 unspecified atom stereocenters. The topological polar surface area (TPSA) is 96.3 Å². The zero-order valence-electron chi connectivity index (χ0n) is 16.8. The van der Waals surface area contributed by atoms with Gasteiger partial charge in [-0.25, -0.2) is 13.4 Å². The lowest BCUT2D eigenvalue weighted by Gasteiger charge is -2.37. The lowest BCUT2D eigenvalue weighted by molar-refractivity contribution is -0.134. The summed E-state index contributed by atoms with van der Waals surface area (Å²) in [6, 6.07) is -0.321. The van der Waals surface area contributed by atoms with Crippen molar-refractivity contribution in [3.63, 3.8) is 0 Å². The van der Waals surface area contributed by atoms with Gasteiger partial charge in [-0.2, -0.15) is 5.10 Å². The molecule has 2 saturated heterocycles. The molecule has 3 aliphatic rings. The monoisotopic (exact) mass is 413 g/mol. The lowest BCUT2D eigenvalue weighted by atomic mass is 9.98. The molecule has 158 valence electrons. The Kier molecular flexibility index (Phi) is 6.75. The maximum atomic E-state index is 13.2. The van der Waals surface area contributed by atoms with E-state index in [9.17, 15) is 18.0 Å². The Hall–Kier alpha value is -1.48. The zero-order valence-corrected chi connectivity index (χ0v) is 17.6. The van der Waals surface area contributed by atoms with Gasteiger partial charge in [-0.3, -0.25) is 9.59 Å². The largest absolute Gasteiger partial charge is 0.379 e. The number of carbonyl (C=O) groups excluding carboxylic acids is 2. The molecule has 0 aliphatic carbocycles. The Morgan fingerprint density at radius 3 is 2.71 bits per heavy atom. The number of likely N-dealkylation sites (tertiary alicyclic amines) is 1. The van der Waals surface area contributed by atoms with E-state index in [0.29, 0.717) is 31.7 Å². The maximum absolute atomic E-state index is 13.2. The molecule has 0 aromatic carbocycles. The van der Waals surface area contributed by atoms with E-state index in [4.69, 9.17) is 4.74 Å². The normalized spacial score (nSPS) is 28.0. The number of nitrogens with zero attached hydrogens (tertiary/aromatic N) is 3. The first kappa shape index (κ1) is 21.2. The van der Waals surface area contributed by atoms with Gasteiger partial charge in [0.15, 0.2) is 9.84 Å². The third-order valence-corrected chi connectivity index (χ3v) is 7.40. The van der Waals surface area contributed by atoms with Crippen LogP contribution in [0.25, 0.3) is 0 Å². The minimum Gasteiger partial charge on any atom is -0.379 e. The highest BCUT2D eigenvalue weighted by molar-refractivity contribution is 7.91. The quantitative estimate of drug-likeness (QED) is 0.655. The molecule has 0 bridgehead atoms. The van der Waals surface area contributed by atoms with E-state index in [1.54, 1.807) is 0 Å². The second-order valence-corrected chi connectivity index (χ2v) is 10.4. The van der Waals surface area contributed by atoms with Crippen LogP contribution in [-0.4, -0.2) is 78.7 Å². The fraction of sp³-hybridized carbons (Fsp3) is 0.842. The third-order valence-electron chi connectivity index (χ3n) is 5.65. The number of piperidine rings is 1. The molecule has 2 fully saturated rings. The molecule has 0 aromatic rings. The fourth-order valence-corrected chi connectivity index (χ4v) is 5.84. The van der Waals surface area contributed by atoms with Crippen LogP contribution in [0.2, 0.25) is 0 Å². The van der Waals surface area contributed by atoms with Crippen LogP contribution in [0.5, 0.6) is 0 Å². The smallest absolute Gasteiger partial charge is 0.270 e. The maximum Gasteiger partial charge on any atom is 0.270 e. The average molecular weight is 414 g/mol. The number of rotatable bonds is 6. The predicted molar refractivity (Wildman–Crippen MR) is 106 cm³/mol. The predicted octanol–water partition coefficient (Wildman–Crippen LogP) is 1.35. The van der Waals surface area contributed by atoms with Crippen LogP contribution < -0.4 is 0 Å². The van der Waals surface area contributed by atoms with Crippen LogP contribution in [0.4, 0.5) is 0 Å². The van der Waals surface area contributed by atoms with Gasteiger partial charge in [0, 0.05) is 32.0 Å². The molecule has 9 heteroatoms. The van der Waals surface area contributed by atoms with Crippen molar-refractivity contribution in [1.29, 1.82) is 0 Å². The third kappa shape index (κ3) is 5.11. The SMILES string of the molecule is CC(C)OCC[C@@H]1CCCCN1C(=O)C1=NN([C@@H]2CCS(=O)(=O)C2)C(=O)CC1. The van der Waals surface area contributed by atoms with Gasteiger partial charge in [-0.15, -0.1) is 0 Å². The minimum atomic E-state index is -3.12. The van der Waals surface area contributed by atoms with E-state index in [-0.39, 0.29) is 41.9 Å². The second-order valence-electron chi connectivity index (χ2n) is 8.20. The molecule has 8 nitrogen and oxygen atoms in total. The first-order valence-electron chi connectivity index (χ1n) is 10.3. The Morgan fingerprint density at radius 1 is 1.25 bits per heavy atom. The average Bonchev–Trinajstić information content (AvgIpc) is 3.01. The number of ether oxygens (including phenoxy) is 1. The van der Waals surface area contributed by atoms with Crippen LogP contribution in [0.3, 0.4) is 0 Å². The summed E-state index contributed by atoms with van der Waals surface area (Å²) in [7, 11) is -3.12. The van der Waals surface area contributed by atoms with Gasteiger partial charge >= 0.3 is 0 Å². The van der Waals surface area contributed by atoms with E-state index in [1.807, 2.05) is 18.7 Å². The Labute approximate surface area is 167 Å². The first-order chi connectivity index (χ1) is 13.3. The molecule has 0 radical (unpaired) electrons. The lowest BCUT2D eigenvalue weighted by Crippen LogP contribution is -2.50. The van der Waals surface area contributed by atoms with Crippen LogP contribution in [-0.2, 0) is 24.2 Å². The number of hydrogen-bond acceptors (Lipinski definition) is 6. The van der Waals surface area contributed by atoms with E-state index in [2.05, 4.69) is 5.10 Å². The Morgan fingerprint density at radius 2 is 2.04 bits per heavy atom. The summed E-state index contributed by atoms with van der Waals surface area (Å²) in [5.41, 5.74) is 0.376. The summed E-state index contributed by atoms with van der Waals surface area (Å²) in [6.45, 7) is 5.30. The molecule has 2 atom stereocenters. The van der Waals surface area contributed by atoms with E-state index in [1.165, 1.54) is 5.01 Å². The van der Waals surface area contributed by atoms with Crippen molar-refractivity contribution in [3.8, 4) is 0 Å². The summed E-state index contributed by atoms with van der Waals surface area (Å²) < 4.78 is 29.2.